The minimum absolute atomic E-state index is 0.0267. The van der Waals surface area contributed by atoms with E-state index in [1.54, 1.807) is 24.3 Å². The van der Waals surface area contributed by atoms with E-state index in [0.717, 1.165) is 44.5 Å². The van der Waals surface area contributed by atoms with Crippen molar-refractivity contribution in [2.45, 2.75) is 75.2 Å². The van der Waals surface area contributed by atoms with Crippen molar-refractivity contribution < 1.29 is 28.9 Å². The Bertz CT molecular complexity index is 2010. The lowest BCUT2D eigenvalue weighted by Gasteiger charge is -2.36. The number of hydrogen-bond acceptors (Lipinski definition) is 8. The van der Waals surface area contributed by atoms with E-state index in [1.807, 2.05) is 78.9 Å². The van der Waals surface area contributed by atoms with Gasteiger partial charge < -0.3 is 36.2 Å². The van der Waals surface area contributed by atoms with Crippen molar-refractivity contribution in [2.75, 3.05) is 16.8 Å². The van der Waals surface area contributed by atoms with Gasteiger partial charge in [0, 0.05) is 49.3 Å². The summed E-state index contributed by atoms with van der Waals surface area (Å²) in [5.74, 6) is 0.463. The highest BCUT2D eigenvalue weighted by atomic mass is 32.2. The molecule has 5 N–H and O–H groups in total. The summed E-state index contributed by atoms with van der Waals surface area (Å²) in [6.45, 7) is 0.377. The SMILES string of the molecule is Nc1ccccc1NC(=O)CCCCCC(=O)NCc1cccc(-c2cccc(C3OC(CSc4cccc[n+]4[O-])CC(c4ccc(CO)cc4)O3)c2)c1. The van der Waals surface area contributed by atoms with Gasteiger partial charge in [0.15, 0.2) is 12.5 Å². The number of nitrogens with one attached hydrogen (secondary N) is 2. The second kappa shape index (κ2) is 19.2. The molecule has 3 atom stereocenters. The molecule has 0 bridgehead atoms. The molecule has 2 heterocycles. The van der Waals surface area contributed by atoms with Gasteiger partial charge in [-0.25, -0.2) is 0 Å². The summed E-state index contributed by atoms with van der Waals surface area (Å²) in [7, 11) is 0. The van der Waals surface area contributed by atoms with Gasteiger partial charge in [0.1, 0.15) is 0 Å². The highest BCUT2D eigenvalue weighted by Gasteiger charge is 2.33. The Labute approximate surface area is 320 Å². The van der Waals surface area contributed by atoms with Crippen LogP contribution >= 0.6 is 11.8 Å². The molecule has 3 unspecified atom stereocenters. The Morgan fingerprint density at radius 1 is 0.796 bits per heavy atom. The molecule has 54 heavy (non-hydrogen) atoms. The van der Waals surface area contributed by atoms with Crippen LogP contribution in [-0.2, 0) is 32.2 Å². The number of thioether (sulfide) groups is 1. The number of hydrogen-bond donors (Lipinski definition) is 4. The number of carbonyl (C=O) groups is 2. The summed E-state index contributed by atoms with van der Waals surface area (Å²) >= 11 is 1.46. The summed E-state index contributed by atoms with van der Waals surface area (Å²) in [5.41, 5.74) is 12.7. The minimum Gasteiger partial charge on any atom is -0.618 e. The summed E-state index contributed by atoms with van der Waals surface area (Å²) in [6, 6.07) is 36.5. The fourth-order valence-corrected chi connectivity index (χ4v) is 7.25. The fourth-order valence-electron chi connectivity index (χ4n) is 6.31. The van der Waals surface area contributed by atoms with Crippen LogP contribution in [0.15, 0.2) is 126 Å². The topological polar surface area (TPSA) is 150 Å². The molecule has 0 saturated carbocycles. The normalized spacial score (nSPS) is 16.8. The van der Waals surface area contributed by atoms with Gasteiger partial charge in [-0.05, 0) is 71.0 Å². The van der Waals surface area contributed by atoms with E-state index in [1.165, 1.54) is 18.0 Å². The Kier molecular flexibility index (Phi) is 13.7. The third-order valence-electron chi connectivity index (χ3n) is 9.27. The van der Waals surface area contributed by atoms with Crippen molar-refractivity contribution in [2.24, 2.45) is 0 Å². The zero-order chi connectivity index (χ0) is 37.7. The Morgan fingerprint density at radius 2 is 1.54 bits per heavy atom. The maximum Gasteiger partial charge on any atom is 0.251 e. The molecule has 2 amide bonds. The molecule has 0 spiro atoms. The zero-order valence-corrected chi connectivity index (χ0v) is 30.9. The molecule has 5 aromatic rings. The van der Waals surface area contributed by atoms with Crippen LogP contribution in [0.25, 0.3) is 11.1 Å². The van der Waals surface area contributed by atoms with Gasteiger partial charge in [0.25, 0.3) is 5.03 Å². The molecule has 1 aromatic heterocycles. The Hall–Kier alpha value is -5.20. The lowest BCUT2D eigenvalue weighted by molar-refractivity contribution is -0.645. The van der Waals surface area contributed by atoms with Crippen molar-refractivity contribution in [1.82, 2.24) is 5.32 Å². The summed E-state index contributed by atoms with van der Waals surface area (Å²) < 4.78 is 14.0. The number of ether oxygens (including phenoxy) is 2. The first kappa shape index (κ1) is 38.5. The van der Waals surface area contributed by atoms with E-state index in [9.17, 15) is 19.9 Å². The number of nitrogens with two attached hydrogens (primary N) is 1. The number of aromatic nitrogens is 1. The number of amides is 2. The van der Waals surface area contributed by atoms with Crippen LogP contribution in [0.5, 0.6) is 0 Å². The minimum atomic E-state index is -0.638. The van der Waals surface area contributed by atoms with E-state index >= 15 is 0 Å². The van der Waals surface area contributed by atoms with E-state index in [2.05, 4.69) is 22.8 Å². The van der Waals surface area contributed by atoms with Gasteiger partial charge in [-0.1, -0.05) is 91.0 Å². The van der Waals surface area contributed by atoms with E-state index < -0.39 is 6.29 Å². The largest absolute Gasteiger partial charge is 0.618 e. The maximum absolute atomic E-state index is 12.6. The summed E-state index contributed by atoms with van der Waals surface area (Å²) in [6.07, 6.45) is 3.97. The molecule has 280 valence electrons. The number of nitrogen functional groups attached to an aromatic ring is 1. The standard InChI is InChI=1S/C43H46N4O6S/c44-37-14-4-5-15-38(37)46-41(50)17-3-1-2-16-40(49)45-27-31-10-8-11-33(24-31)34-12-9-13-35(25-34)43-52-36(29-54-42-18-6-7-23-47(42)51)26-39(53-43)32-21-19-30(28-48)20-22-32/h4-15,18-25,36,39,43,48H,1-3,16-17,26-29,44H2,(H,45,49)(H,46,50). The van der Waals surface area contributed by atoms with Crippen LogP contribution < -0.4 is 21.1 Å². The number of carbonyl (C=O) groups excluding carboxylic acids is 2. The average molecular weight is 747 g/mol. The summed E-state index contributed by atoms with van der Waals surface area (Å²) in [4.78, 5) is 24.9. The highest BCUT2D eigenvalue weighted by molar-refractivity contribution is 7.99. The number of aliphatic hydroxyl groups is 1. The molecule has 11 heteroatoms. The molecule has 1 aliphatic heterocycles. The number of anilines is 2. The molecule has 0 radical (unpaired) electrons. The van der Waals surface area contributed by atoms with Crippen LogP contribution in [0, 0.1) is 5.21 Å². The number of unbranched alkanes of at least 4 members (excludes halogenated alkanes) is 2. The van der Waals surface area contributed by atoms with Crippen molar-refractivity contribution in [3.63, 3.8) is 0 Å². The van der Waals surface area contributed by atoms with Crippen LogP contribution in [0.4, 0.5) is 11.4 Å². The van der Waals surface area contributed by atoms with Crippen LogP contribution in [0.1, 0.15) is 73.2 Å². The second-order valence-electron chi connectivity index (χ2n) is 13.3. The van der Waals surface area contributed by atoms with Crippen LogP contribution in [0.2, 0.25) is 0 Å². The number of benzene rings is 4. The molecule has 1 fully saturated rings. The molecule has 0 aliphatic carbocycles. The Morgan fingerprint density at radius 3 is 2.31 bits per heavy atom. The molecule has 6 rings (SSSR count). The molecule has 10 nitrogen and oxygen atoms in total. The quantitative estimate of drug-likeness (QED) is 0.0265. The van der Waals surface area contributed by atoms with Gasteiger partial charge in [-0.15, -0.1) is 0 Å². The molecular weight excluding hydrogens is 701 g/mol. The van der Waals surface area contributed by atoms with Crippen molar-refractivity contribution in [3.8, 4) is 11.1 Å². The Balaban J connectivity index is 1.03. The van der Waals surface area contributed by atoms with E-state index in [0.29, 0.717) is 60.8 Å². The van der Waals surface area contributed by atoms with Crippen molar-refractivity contribution in [1.29, 1.82) is 0 Å². The van der Waals surface area contributed by atoms with Gasteiger partial charge >= 0.3 is 0 Å². The van der Waals surface area contributed by atoms with Crippen molar-refractivity contribution >= 4 is 35.0 Å². The zero-order valence-electron chi connectivity index (χ0n) is 30.1. The van der Waals surface area contributed by atoms with Gasteiger partial charge in [0.05, 0.1) is 30.2 Å². The number of para-hydroxylation sites is 2. The third-order valence-corrected chi connectivity index (χ3v) is 10.4. The monoisotopic (exact) mass is 746 g/mol. The number of aliphatic hydroxyl groups excluding tert-OH is 1. The van der Waals surface area contributed by atoms with Gasteiger partial charge in [-0.3, -0.25) is 9.59 Å². The summed E-state index contributed by atoms with van der Waals surface area (Å²) in [5, 5.41) is 28.3. The predicted molar refractivity (Wildman–Crippen MR) is 211 cm³/mol. The molecule has 1 aliphatic rings. The lowest BCUT2D eigenvalue weighted by Crippen LogP contribution is -2.32. The van der Waals surface area contributed by atoms with E-state index in [-0.39, 0.29) is 30.6 Å². The van der Waals surface area contributed by atoms with E-state index in [4.69, 9.17) is 15.2 Å². The predicted octanol–water partition coefficient (Wildman–Crippen LogP) is 7.60. The highest BCUT2D eigenvalue weighted by Crippen LogP contribution is 2.40. The first-order chi connectivity index (χ1) is 26.3. The van der Waals surface area contributed by atoms with Crippen LogP contribution in [-0.4, -0.2) is 28.8 Å². The second-order valence-corrected chi connectivity index (χ2v) is 14.4. The maximum atomic E-state index is 12.6. The van der Waals surface area contributed by atoms with Gasteiger partial charge in [-0.2, -0.15) is 4.73 Å². The molecule has 4 aromatic carbocycles. The van der Waals surface area contributed by atoms with Crippen molar-refractivity contribution in [3.05, 3.63) is 149 Å². The number of nitrogens with zero attached hydrogens (tertiary/aromatic N) is 1. The fraction of sp³-hybridized carbons (Fsp3) is 0.279. The smallest absolute Gasteiger partial charge is 0.251 e. The number of pyridine rings is 1. The van der Waals surface area contributed by atoms with Crippen LogP contribution in [0.3, 0.4) is 0 Å². The molecule has 1 saturated heterocycles. The first-order valence-corrected chi connectivity index (χ1v) is 19.2. The molecular formula is C43H46N4O6S. The number of rotatable bonds is 16. The third kappa shape index (κ3) is 10.9. The average Bonchev–Trinajstić information content (AvgIpc) is 3.20. The first-order valence-electron chi connectivity index (χ1n) is 18.3. The van der Waals surface area contributed by atoms with Gasteiger partial charge in [0.2, 0.25) is 11.8 Å². The lowest BCUT2D eigenvalue weighted by atomic mass is 9.99.